The molecule has 0 aliphatic rings. The average Bonchev–Trinajstić information content (AvgIpc) is 2.28. The van der Waals surface area contributed by atoms with Gasteiger partial charge in [-0.1, -0.05) is 48.6 Å². The molecule has 78 valence electrons. The monoisotopic (exact) mass is 200 g/mol. The van der Waals surface area contributed by atoms with Crippen molar-refractivity contribution < 1.29 is 4.79 Å². The Kier molecular flexibility index (Phi) is 5.16. The molecular formula is C14H16O. The van der Waals surface area contributed by atoms with E-state index < -0.39 is 0 Å². The molecule has 1 heteroatoms. The normalized spacial score (nSPS) is 11.3. The Morgan fingerprint density at radius 3 is 2.67 bits per heavy atom. The van der Waals surface area contributed by atoms with Crippen LogP contribution in [0.1, 0.15) is 25.3 Å². The van der Waals surface area contributed by atoms with E-state index in [9.17, 15) is 4.79 Å². The first-order valence-corrected chi connectivity index (χ1v) is 5.20. The van der Waals surface area contributed by atoms with Gasteiger partial charge in [0.15, 0.2) is 5.78 Å². The lowest BCUT2D eigenvalue weighted by atomic mass is 10.1. The van der Waals surface area contributed by atoms with Gasteiger partial charge in [0.25, 0.3) is 0 Å². The van der Waals surface area contributed by atoms with Crippen LogP contribution in [0.4, 0.5) is 0 Å². The summed E-state index contributed by atoms with van der Waals surface area (Å²) in [6, 6.07) is 9.85. The van der Waals surface area contributed by atoms with Crippen molar-refractivity contribution in [3.05, 3.63) is 54.1 Å². The van der Waals surface area contributed by atoms with E-state index in [-0.39, 0.29) is 5.78 Å². The molecule has 0 aliphatic carbocycles. The third-order valence-corrected chi connectivity index (χ3v) is 2.05. The summed E-state index contributed by atoms with van der Waals surface area (Å²) in [7, 11) is 0. The number of benzene rings is 1. The van der Waals surface area contributed by atoms with Gasteiger partial charge in [-0.3, -0.25) is 4.79 Å². The Balaban J connectivity index is 2.41. The topological polar surface area (TPSA) is 17.1 Å². The van der Waals surface area contributed by atoms with Crippen molar-refractivity contribution in [1.29, 1.82) is 0 Å². The smallest absolute Gasteiger partial charge is 0.156 e. The SMILES string of the molecule is CC=CCCC(=O)C=Cc1ccccc1. The summed E-state index contributed by atoms with van der Waals surface area (Å²) in [5.74, 6) is 0.178. The first-order valence-electron chi connectivity index (χ1n) is 5.20. The number of hydrogen-bond acceptors (Lipinski definition) is 1. The van der Waals surface area contributed by atoms with E-state index in [1.54, 1.807) is 6.08 Å². The highest BCUT2D eigenvalue weighted by Gasteiger charge is 1.93. The number of rotatable bonds is 5. The van der Waals surface area contributed by atoms with Gasteiger partial charge in [0, 0.05) is 6.42 Å². The zero-order valence-corrected chi connectivity index (χ0v) is 9.02. The summed E-state index contributed by atoms with van der Waals surface area (Å²) in [5.41, 5.74) is 1.07. The molecule has 0 radical (unpaired) electrons. The molecule has 0 aliphatic heterocycles. The Hall–Kier alpha value is -1.63. The number of ketones is 1. The summed E-state index contributed by atoms with van der Waals surface area (Å²) >= 11 is 0. The summed E-state index contributed by atoms with van der Waals surface area (Å²) < 4.78 is 0. The van der Waals surface area contributed by atoms with Crippen LogP contribution in [-0.4, -0.2) is 5.78 Å². The van der Waals surface area contributed by atoms with Gasteiger partial charge in [-0.05, 0) is 25.0 Å². The van der Waals surface area contributed by atoms with Gasteiger partial charge in [-0.25, -0.2) is 0 Å². The van der Waals surface area contributed by atoms with Crippen molar-refractivity contribution >= 4 is 11.9 Å². The molecule has 1 aromatic carbocycles. The van der Waals surface area contributed by atoms with Crippen molar-refractivity contribution in [3.63, 3.8) is 0 Å². The van der Waals surface area contributed by atoms with E-state index >= 15 is 0 Å². The van der Waals surface area contributed by atoms with Crippen LogP contribution in [-0.2, 0) is 4.79 Å². The van der Waals surface area contributed by atoms with Crippen molar-refractivity contribution in [2.45, 2.75) is 19.8 Å². The third kappa shape index (κ3) is 4.96. The number of carbonyl (C=O) groups excluding carboxylic acids is 1. The van der Waals surface area contributed by atoms with Gasteiger partial charge in [0.2, 0.25) is 0 Å². The summed E-state index contributed by atoms with van der Waals surface area (Å²) in [6.45, 7) is 1.96. The number of allylic oxidation sites excluding steroid dienone is 3. The van der Waals surface area contributed by atoms with Crippen LogP contribution in [0.2, 0.25) is 0 Å². The highest BCUT2D eigenvalue weighted by molar-refractivity contribution is 5.93. The highest BCUT2D eigenvalue weighted by Crippen LogP contribution is 2.02. The van der Waals surface area contributed by atoms with Crippen LogP contribution in [0.5, 0.6) is 0 Å². The molecule has 15 heavy (non-hydrogen) atoms. The molecule has 0 amide bonds. The lowest BCUT2D eigenvalue weighted by Gasteiger charge is -1.92. The van der Waals surface area contributed by atoms with Gasteiger partial charge in [-0.2, -0.15) is 0 Å². The molecule has 0 saturated carbocycles. The van der Waals surface area contributed by atoms with E-state index in [2.05, 4.69) is 0 Å². The molecule has 1 aromatic rings. The van der Waals surface area contributed by atoms with Crippen LogP contribution >= 0.6 is 0 Å². The van der Waals surface area contributed by atoms with Crippen LogP contribution in [0, 0.1) is 0 Å². The van der Waals surface area contributed by atoms with Crippen LogP contribution < -0.4 is 0 Å². The van der Waals surface area contributed by atoms with Crippen LogP contribution in [0.15, 0.2) is 48.6 Å². The highest BCUT2D eigenvalue weighted by atomic mass is 16.1. The molecule has 0 fully saturated rings. The van der Waals surface area contributed by atoms with Gasteiger partial charge in [0.05, 0.1) is 0 Å². The predicted octanol–water partition coefficient (Wildman–Crippen LogP) is 3.63. The second-order valence-corrected chi connectivity index (χ2v) is 3.32. The summed E-state index contributed by atoms with van der Waals surface area (Å²) in [6.07, 6.45) is 8.90. The Morgan fingerprint density at radius 2 is 2.00 bits per heavy atom. The fourth-order valence-electron chi connectivity index (χ4n) is 1.23. The Morgan fingerprint density at radius 1 is 1.27 bits per heavy atom. The van der Waals surface area contributed by atoms with Crippen molar-refractivity contribution in [2.75, 3.05) is 0 Å². The minimum Gasteiger partial charge on any atom is -0.295 e. The van der Waals surface area contributed by atoms with Crippen molar-refractivity contribution in [1.82, 2.24) is 0 Å². The Bertz CT molecular complexity index is 347. The van der Waals surface area contributed by atoms with Crippen LogP contribution in [0.25, 0.3) is 6.08 Å². The summed E-state index contributed by atoms with van der Waals surface area (Å²) in [5, 5.41) is 0. The molecule has 0 bridgehead atoms. The van der Waals surface area contributed by atoms with E-state index in [4.69, 9.17) is 0 Å². The first kappa shape index (κ1) is 11.4. The number of carbonyl (C=O) groups is 1. The molecular weight excluding hydrogens is 184 g/mol. The van der Waals surface area contributed by atoms with Gasteiger partial charge < -0.3 is 0 Å². The van der Waals surface area contributed by atoms with E-state index in [1.165, 1.54) is 0 Å². The fraction of sp³-hybridized carbons (Fsp3) is 0.214. The molecule has 0 aromatic heterocycles. The molecule has 0 saturated heterocycles. The zero-order valence-electron chi connectivity index (χ0n) is 9.02. The minimum absolute atomic E-state index is 0.178. The van der Waals surface area contributed by atoms with Crippen molar-refractivity contribution in [3.8, 4) is 0 Å². The second kappa shape index (κ2) is 6.77. The molecule has 1 nitrogen and oxygen atoms in total. The molecule has 1 rings (SSSR count). The second-order valence-electron chi connectivity index (χ2n) is 3.32. The zero-order chi connectivity index (χ0) is 10.9. The number of hydrogen-bond donors (Lipinski definition) is 0. The Labute approximate surface area is 91.1 Å². The molecule has 0 N–H and O–H groups in total. The quantitative estimate of drug-likeness (QED) is 0.524. The van der Waals surface area contributed by atoms with Gasteiger partial charge >= 0.3 is 0 Å². The lowest BCUT2D eigenvalue weighted by molar-refractivity contribution is -0.114. The third-order valence-electron chi connectivity index (χ3n) is 2.05. The van der Waals surface area contributed by atoms with Gasteiger partial charge in [0.1, 0.15) is 0 Å². The first-order chi connectivity index (χ1) is 7.33. The predicted molar refractivity (Wildman–Crippen MR) is 64.5 cm³/mol. The maximum Gasteiger partial charge on any atom is 0.156 e. The lowest BCUT2D eigenvalue weighted by Crippen LogP contribution is -1.90. The van der Waals surface area contributed by atoms with Gasteiger partial charge in [-0.15, -0.1) is 0 Å². The van der Waals surface area contributed by atoms with E-state index in [0.717, 1.165) is 12.0 Å². The molecule has 0 atom stereocenters. The maximum atomic E-state index is 11.4. The standard InChI is InChI=1S/C14H16O/c1-2-3-5-10-14(15)12-11-13-8-6-4-7-9-13/h2-4,6-9,11-12H,5,10H2,1H3. The maximum absolute atomic E-state index is 11.4. The minimum atomic E-state index is 0.178. The molecule has 0 unspecified atom stereocenters. The average molecular weight is 200 g/mol. The van der Waals surface area contributed by atoms with E-state index in [1.807, 2.05) is 55.5 Å². The van der Waals surface area contributed by atoms with E-state index in [0.29, 0.717) is 6.42 Å². The fourth-order valence-corrected chi connectivity index (χ4v) is 1.23. The molecule has 0 spiro atoms. The van der Waals surface area contributed by atoms with Crippen LogP contribution in [0.3, 0.4) is 0 Å². The largest absolute Gasteiger partial charge is 0.295 e. The molecule has 0 heterocycles. The summed E-state index contributed by atoms with van der Waals surface area (Å²) in [4.78, 5) is 11.4. The van der Waals surface area contributed by atoms with Crippen molar-refractivity contribution in [2.24, 2.45) is 0 Å².